The lowest BCUT2D eigenvalue weighted by Gasteiger charge is -2.02. The SMILES string of the molecule is CNCCNCc1oc2ccc(F)cc2c1C. The molecule has 17 heavy (non-hydrogen) atoms. The summed E-state index contributed by atoms with van der Waals surface area (Å²) in [6, 6.07) is 4.61. The van der Waals surface area contributed by atoms with Gasteiger partial charge in [-0.15, -0.1) is 0 Å². The van der Waals surface area contributed by atoms with Gasteiger partial charge in [0.25, 0.3) is 0 Å². The second-order valence-electron chi connectivity index (χ2n) is 4.07. The molecule has 0 saturated heterocycles. The Morgan fingerprint density at radius 3 is 2.88 bits per heavy atom. The first kappa shape index (κ1) is 12.1. The first-order valence-electron chi connectivity index (χ1n) is 5.75. The third-order valence-corrected chi connectivity index (χ3v) is 2.83. The molecule has 1 heterocycles. The molecule has 3 nitrogen and oxygen atoms in total. The number of halogens is 1. The summed E-state index contributed by atoms with van der Waals surface area (Å²) in [5.74, 6) is 0.651. The van der Waals surface area contributed by atoms with Crippen LogP contribution >= 0.6 is 0 Å². The van der Waals surface area contributed by atoms with Crippen LogP contribution in [-0.4, -0.2) is 20.1 Å². The summed E-state index contributed by atoms with van der Waals surface area (Å²) in [5, 5.41) is 7.19. The highest BCUT2D eigenvalue weighted by atomic mass is 19.1. The maximum atomic E-state index is 13.1. The molecule has 1 aromatic heterocycles. The van der Waals surface area contributed by atoms with Gasteiger partial charge in [0.1, 0.15) is 17.2 Å². The predicted octanol–water partition coefficient (Wildman–Crippen LogP) is 2.19. The van der Waals surface area contributed by atoms with Crippen LogP contribution in [0.1, 0.15) is 11.3 Å². The Kier molecular flexibility index (Phi) is 3.76. The maximum Gasteiger partial charge on any atom is 0.134 e. The van der Waals surface area contributed by atoms with Gasteiger partial charge in [-0.25, -0.2) is 4.39 Å². The molecule has 1 aromatic carbocycles. The van der Waals surface area contributed by atoms with Crippen molar-refractivity contribution in [1.82, 2.24) is 10.6 Å². The van der Waals surface area contributed by atoms with E-state index in [1.807, 2.05) is 14.0 Å². The monoisotopic (exact) mass is 236 g/mol. The molecule has 0 aliphatic carbocycles. The molecule has 0 fully saturated rings. The average Bonchev–Trinajstić information content (AvgIpc) is 2.62. The van der Waals surface area contributed by atoms with E-state index in [4.69, 9.17) is 4.42 Å². The molecule has 0 radical (unpaired) electrons. The molecule has 4 heteroatoms. The van der Waals surface area contributed by atoms with Crippen molar-refractivity contribution in [1.29, 1.82) is 0 Å². The number of aryl methyl sites for hydroxylation is 1. The van der Waals surface area contributed by atoms with Crippen molar-refractivity contribution in [3.63, 3.8) is 0 Å². The summed E-state index contributed by atoms with van der Waals surface area (Å²) in [5.41, 5.74) is 1.76. The molecule has 92 valence electrons. The molecule has 0 unspecified atom stereocenters. The second kappa shape index (κ2) is 5.29. The second-order valence-corrected chi connectivity index (χ2v) is 4.07. The Labute approximate surface area is 100.0 Å². The van der Waals surface area contributed by atoms with E-state index in [1.54, 1.807) is 6.07 Å². The summed E-state index contributed by atoms with van der Waals surface area (Å²) < 4.78 is 18.8. The van der Waals surface area contributed by atoms with Crippen LogP contribution < -0.4 is 10.6 Å². The van der Waals surface area contributed by atoms with Crippen LogP contribution in [0.15, 0.2) is 22.6 Å². The standard InChI is InChI=1S/C13H17FN2O/c1-9-11-7-10(14)3-4-12(11)17-13(9)8-16-6-5-15-2/h3-4,7,15-16H,5-6,8H2,1-2H3. The summed E-state index contributed by atoms with van der Waals surface area (Å²) in [7, 11) is 1.91. The lowest BCUT2D eigenvalue weighted by atomic mass is 10.1. The molecule has 0 bridgehead atoms. The number of fused-ring (bicyclic) bond motifs is 1. The van der Waals surface area contributed by atoms with Crippen LogP contribution in [0.3, 0.4) is 0 Å². The van der Waals surface area contributed by atoms with Crippen LogP contribution in [0.2, 0.25) is 0 Å². The van der Waals surface area contributed by atoms with E-state index in [0.29, 0.717) is 6.54 Å². The summed E-state index contributed by atoms with van der Waals surface area (Å²) in [4.78, 5) is 0. The average molecular weight is 236 g/mol. The quantitative estimate of drug-likeness (QED) is 0.781. The zero-order valence-electron chi connectivity index (χ0n) is 10.1. The molecule has 0 saturated carbocycles. The van der Waals surface area contributed by atoms with Crippen molar-refractivity contribution in [3.8, 4) is 0 Å². The van der Waals surface area contributed by atoms with E-state index in [1.165, 1.54) is 12.1 Å². The first-order valence-corrected chi connectivity index (χ1v) is 5.75. The van der Waals surface area contributed by atoms with Crippen molar-refractivity contribution < 1.29 is 8.81 Å². The number of likely N-dealkylation sites (N-methyl/N-ethyl adjacent to an activating group) is 1. The van der Waals surface area contributed by atoms with E-state index in [0.717, 1.165) is 35.4 Å². The Morgan fingerprint density at radius 2 is 2.12 bits per heavy atom. The highest BCUT2D eigenvalue weighted by molar-refractivity contribution is 5.82. The van der Waals surface area contributed by atoms with Crippen LogP contribution in [0.25, 0.3) is 11.0 Å². The van der Waals surface area contributed by atoms with Crippen LogP contribution in [-0.2, 0) is 6.54 Å². The minimum absolute atomic E-state index is 0.226. The van der Waals surface area contributed by atoms with E-state index in [9.17, 15) is 4.39 Å². The molecular formula is C13H17FN2O. The highest BCUT2D eigenvalue weighted by Gasteiger charge is 2.10. The van der Waals surface area contributed by atoms with E-state index in [-0.39, 0.29) is 5.82 Å². The first-order chi connectivity index (χ1) is 8.22. The summed E-state index contributed by atoms with van der Waals surface area (Å²) >= 11 is 0. The lowest BCUT2D eigenvalue weighted by molar-refractivity contribution is 0.508. The van der Waals surface area contributed by atoms with Crippen LogP contribution in [0.4, 0.5) is 4.39 Å². The molecule has 0 aliphatic rings. The fraction of sp³-hybridized carbons (Fsp3) is 0.385. The van der Waals surface area contributed by atoms with E-state index < -0.39 is 0 Å². The molecule has 2 N–H and O–H groups in total. The van der Waals surface area contributed by atoms with Crippen molar-refractivity contribution >= 4 is 11.0 Å². The third kappa shape index (κ3) is 2.65. The van der Waals surface area contributed by atoms with E-state index >= 15 is 0 Å². The highest BCUT2D eigenvalue weighted by Crippen LogP contribution is 2.25. The number of hydrogen-bond donors (Lipinski definition) is 2. The molecule has 2 rings (SSSR count). The number of furan rings is 1. The van der Waals surface area contributed by atoms with Crippen molar-refractivity contribution in [2.45, 2.75) is 13.5 Å². The number of rotatable bonds is 5. The van der Waals surface area contributed by atoms with Crippen molar-refractivity contribution in [3.05, 3.63) is 35.3 Å². The molecule has 2 aromatic rings. The minimum Gasteiger partial charge on any atom is -0.459 e. The number of benzene rings is 1. The molecular weight excluding hydrogens is 219 g/mol. The normalized spacial score (nSPS) is 11.2. The molecule has 0 spiro atoms. The molecule has 0 aliphatic heterocycles. The van der Waals surface area contributed by atoms with Gasteiger partial charge in [-0.2, -0.15) is 0 Å². The van der Waals surface area contributed by atoms with Gasteiger partial charge in [-0.3, -0.25) is 0 Å². The van der Waals surface area contributed by atoms with Gasteiger partial charge in [-0.05, 0) is 37.7 Å². The van der Waals surface area contributed by atoms with Crippen LogP contribution in [0.5, 0.6) is 0 Å². The fourth-order valence-corrected chi connectivity index (χ4v) is 1.83. The number of nitrogens with one attached hydrogen (secondary N) is 2. The summed E-state index contributed by atoms with van der Waals surface area (Å²) in [6.07, 6.45) is 0. The van der Waals surface area contributed by atoms with Gasteiger partial charge < -0.3 is 15.1 Å². The Hall–Kier alpha value is -1.39. The zero-order chi connectivity index (χ0) is 12.3. The van der Waals surface area contributed by atoms with Gasteiger partial charge >= 0.3 is 0 Å². The Morgan fingerprint density at radius 1 is 1.29 bits per heavy atom. The third-order valence-electron chi connectivity index (χ3n) is 2.83. The lowest BCUT2D eigenvalue weighted by Crippen LogP contribution is -2.24. The number of hydrogen-bond acceptors (Lipinski definition) is 3. The topological polar surface area (TPSA) is 37.2 Å². The van der Waals surface area contributed by atoms with Gasteiger partial charge in [-0.1, -0.05) is 0 Å². The maximum absolute atomic E-state index is 13.1. The van der Waals surface area contributed by atoms with Crippen molar-refractivity contribution in [2.75, 3.05) is 20.1 Å². The van der Waals surface area contributed by atoms with Crippen LogP contribution in [0, 0.1) is 12.7 Å². The summed E-state index contributed by atoms with van der Waals surface area (Å²) in [6.45, 7) is 4.42. The largest absolute Gasteiger partial charge is 0.459 e. The smallest absolute Gasteiger partial charge is 0.134 e. The van der Waals surface area contributed by atoms with Gasteiger partial charge in [0.15, 0.2) is 0 Å². The fourth-order valence-electron chi connectivity index (χ4n) is 1.83. The molecule has 0 amide bonds. The Bertz CT molecular complexity index is 507. The zero-order valence-corrected chi connectivity index (χ0v) is 10.1. The van der Waals surface area contributed by atoms with Crippen molar-refractivity contribution in [2.24, 2.45) is 0 Å². The van der Waals surface area contributed by atoms with Gasteiger partial charge in [0.2, 0.25) is 0 Å². The minimum atomic E-state index is -0.226. The van der Waals surface area contributed by atoms with Gasteiger partial charge in [0.05, 0.1) is 6.54 Å². The predicted molar refractivity (Wildman–Crippen MR) is 66.5 cm³/mol. The molecule has 0 atom stereocenters. The van der Waals surface area contributed by atoms with Gasteiger partial charge in [0, 0.05) is 18.5 Å². The van der Waals surface area contributed by atoms with E-state index in [2.05, 4.69) is 10.6 Å². The Balaban J connectivity index is 2.15.